The van der Waals surface area contributed by atoms with Crippen LogP contribution in [0.4, 0.5) is 5.69 Å². The minimum atomic E-state index is -0.494. The molecule has 4 heteroatoms. The minimum absolute atomic E-state index is 0.0250. The van der Waals surface area contributed by atoms with Gasteiger partial charge in [-0.2, -0.15) is 5.26 Å². The van der Waals surface area contributed by atoms with Crippen LogP contribution in [-0.2, 0) is 11.2 Å². The van der Waals surface area contributed by atoms with Crippen molar-refractivity contribution in [1.82, 2.24) is 0 Å². The highest BCUT2D eigenvalue weighted by Crippen LogP contribution is 2.20. The SMILES string of the molecule is CCc1ccccc1NC(=O)/C(C#N)=C/c1ccccc1O. The van der Waals surface area contributed by atoms with Crippen molar-refractivity contribution in [2.24, 2.45) is 0 Å². The van der Waals surface area contributed by atoms with Gasteiger partial charge in [0.15, 0.2) is 0 Å². The zero-order valence-electron chi connectivity index (χ0n) is 12.2. The molecule has 0 aromatic heterocycles. The third-order valence-electron chi connectivity index (χ3n) is 3.25. The molecule has 0 saturated carbocycles. The molecule has 0 spiro atoms. The molecule has 0 aliphatic carbocycles. The van der Waals surface area contributed by atoms with E-state index in [1.54, 1.807) is 24.3 Å². The van der Waals surface area contributed by atoms with E-state index in [9.17, 15) is 15.2 Å². The Labute approximate surface area is 129 Å². The van der Waals surface area contributed by atoms with E-state index in [1.807, 2.05) is 31.2 Å². The Morgan fingerprint density at radius 1 is 1.23 bits per heavy atom. The molecular formula is C18H16N2O2. The van der Waals surface area contributed by atoms with Gasteiger partial charge in [0.1, 0.15) is 17.4 Å². The first kappa shape index (κ1) is 15.3. The largest absolute Gasteiger partial charge is 0.507 e. The van der Waals surface area contributed by atoms with Crippen molar-refractivity contribution in [2.75, 3.05) is 5.32 Å². The average molecular weight is 292 g/mol. The maximum absolute atomic E-state index is 12.2. The summed E-state index contributed by atoms with van der Waals surface area (Å²) in [7, 11) is 0. The first-order valence-corrected chi connectivity index (χ1v) is 6.94. The number of rotatable bonds is 4. The van der Waals surface area contributed by atoms with E-state index in [1.165, 1.54) is 12.1 Å². The summed E-state index contributed by atoms with van der Waals surface area (Å²) < 4.78 is 0. The maximum atomic E-state index is 12.2. The number of nitriles is 1. The van der Waals surface area contributed by atoms with Crippen LogP contribution in [0.3, 0.4) is 0 Å². The van der Waals surface area contributed by atoms with E-state index in [2.05, 4.69) is 5.32 Å². The molecule has 110 valence electrons. The van der Waals surface area contributed by atoms with Crippen LogP contribution in [0, 0.1) is 11.3 Å². The quantitative estimate of drug-likeness (QED) is 0.669. The second-order valence-corrected chi connectivity index (χ2v) is 4.69. The van der Waals surface area contributed by atoms with E-state index < -0.39 is 5.91 Å². The number of phenolic OH excluding ortho intramolecular Hbond substituents is 1. The normalized spacial score (nSPS) is 10.8. The lowest BCUT2D eigenvalue weighted by Gasteiger charge is -2.09. The number of aromatic hydroxyl groups is 1. The van der Waals surface area contributed by atoms with Gasteiger partial charge in [-0.3, -0.25) is 4.79 Å². The monoisotopic (exact) mass is 292 g/mol. The summed E-state index contributed by atoms with van der Waals surface area (Å²) in [5, 5.41) is 21.7. The van der Waals surface area contributed by atoms with Crippen molar-refractivity contribution in [1.29, 1.82) is 5.26 Å². The molecule has 1 amide bonds. The van der Waals surface area contributed by atoms with E-state index in [4.69, 9.17) is 0 Å². The predicted octanol–water partition coefficient (Wildman–Crippen LogP) is 3.50. The number of anilines is 1. The topological polar surface area (TPSA) is 73.1 Å². The zero-order chi connectivity index (χ0) is 15.9. The zero-order valence-corrected chi connectivity index (χ0v) is 12.2. The summed E-state index contributed by atoms with van der Waals surface area (Å²) in [4.78, 5) is 12.2. The second-order valence-electron chi connectivity index (χ2n) is 4.69. The summed E-state index contributed by atoms with van der Waals surface area (Å²) in [6.45, 7) is 1.99. The van der Waals surface area contributed by atoms with Gasteiger partial charge in [-0.1, -0.05) is 43.3 Å². The molecule has 0 radical (unpaired) electrons. The Hall–Kier alpha value is -3.06. The van der Waals surface area contributed by atoms with Crippen molar-refractivity contribution in [3.8, 4) is 11.8 Å². The maximum Gasteiger partial charge on any atom is 0.266 e. The number of phenols is 1. The molecule has 2 rings (SSSR count). The van der Waals surface area contributed by atoms with Gasteiger partial charge in [0.2, 0.25) is 0 Å². The first-order valence-electron chi connectivity index (χ1n) is 6.94. The third kappa shape index (κ3) is 3.53. The number of carbonyl (C=O) groups excluding carboxylic acids is 1. The summed E-state index contributed by atoms with van der Waals surface area (Å²) in [5.41, 5.74) is 2.05. The number of hydrogen-bond donors (Lipinski definition) is 2. The van der Waals surface area contributed by atoms with Crippen molar-refractivity contribution >= 4 is 17.7 Å². The van der Waals surface area contributed by atoms with E-state index in [-0.39, 0.29) is 11.3 Å². The molecule has 0 aliphatic rings. The molecule has 2 aromatic rings. The van der Waals surface area contributed by atoms with Gasteiger partial charge < -0.3 is 10.4 Å². The predicted molar refractivity (Wildman–Crippen MR) is 86.1 cm³/mol. The fourth-order valence-electron chi connectivity index (χ4n) is 2.05. The van der Waals surface area contributed by atoms with Gasteiger partial charge in [0.05, 0.1) is 0 Å². The number of aryl methyl sites for hydroxylation is 1. The van der Waals surface area contributed by atoms with Crippen LogP contribution in [0.1, 0.15) is 18.1 Å². The molecule has 0 fully saturated rings. The molecule has 0 heterocycles. The lowest BCUT2D eigenvalue weighted by atomic mass is 10.1. The molecule has 4 nitrogen and oxygen atoms in total. The van der Waals surface area contributed by atoms with Crippen LogP contribution in [0.25, 0.3) is 6.08 Å². The molecule has 0 bridgehead atoms. The van der Waals surface area contributed by atoms with Crippen LogP contribution in [-0.4, -0.2) is 11.0 Å². The lowest BCUT2D eigenvalue weighted by Crippen LogP contribution is -2.14. The first-order chi connectivity index (χ1) is 10.7. The molecule has 0 unspecified atom stereocenters. The fourth-order valence-corrected chi connectivity index (χ4v) is 2.05. The van der Waals surface area contributed by atoms with Crippen molar-refractivity contribution in [2.45, 2.75) is 13.3 Å². The number of nitrogens with one attached hydrogen (secondary N) is 1. The van der Waals surface area contributed by atoms with Gasteiger partial charge >= 0.3 is 0 Å². The lowest BCUT2D eigenvalue weighted by molar-refractivity contribution is -0.112. The van der Waals surface area contributed by atoms with Crippen molar-refractivity contribution in [3.05, 3.63) is 65.2 Å². The molecule has 0 atom stereocenters. The Kier molecular flexibility index (Phi) is 4.94. The van der Waals surface area contributed by atoms with Crippen LogP contribution in [0.2, 0.25) is 0 Å². The standard InChI is InChI=1S/C18H16N2O2/c1-2-13-7-3-5-9-16(13)20-18(22)15(12-19)11-14-8-4-6-10-17(14)21/h3-11,21H,2H2,1H3,(H,20,22)/b15-11+. The number of para-hydroxylation sites is 2. The molecule has 2 aromatic carbocycles. The van der Waals surface area contributed by atoms with Crippen LogP contribution >= 0.6 is 0 Å². The van der Waals surface area contributed by atoms with Crippen LogP contribution in [0.5, 0.6) is 5.75 Å². The summed E-state index contributed by atoms with van der Waals surface area (Å²) in [5.74, 6) is -0.469. The molecule has 22 heavy (non-hydrogen) atoms. The molecular weight excluding hydrogens is 276 g/mol. The number of benzene rings is 2. The summed E-state index contributed by atoms with van der Waals surface area (Å²) in [6, 6.07) is 15.9. The average Bonchev–Trinajstić information content (AvgIpc) is 2.54. The minimum Gasteiger partial charge on any atom is -0.507 e. The van der Waals surface area contributed by atoms with E-state index >= 15 is 0 Å². The van der Waals surface area contributed by atoms with Gasteiger partial charge in [-0.05, 0) is 30.2 Å². The Balaban J connectivity index is 2.27. The summed E-state index contributed by atoms with van der Waals surface area (Å²) in [6.07, 6.45) is 2.15. The smallest absolute Gasteiger partial charge is 0.266 e. The highest BCUT2D eigenvalue weighted by atomic mass is 16.3. The Morgan fingerprint density at radius 3 is 2.59 bits per heavy atom. The van der Waals surface area contributed by atoms with Crippen molar-refractivity contribution < 1.29 is 9.90 Å². The van der Waals surface area contributed by atoms with Gasteiger partial charge in [-0.15, -0.1) is 0 Å². The number of carbonyl (C=O) groups is 1. The van der Waals surface area contributed by atoms with Gasteiger partial charge in [-0.25, -0.2) is 0 Å². The Bertz CT molecular complexity index is 758. The number of hydrogen-bond acceptors (Lipinski definition) is 3. The summed E-state index contributed by atoms with van der Waals surface area (Å²) >= 11 is 0. The van der Waals surface area contributed by atoms with Crippen LogP contribution < -0.4 is 5.32 Å². The highest BCUT2D eigenvalue weighted by Gasteiger charge is 2.12. The fraction of sp³-hybridized carbons (Fsp3) is 0.111. The van der Waals surface area contributed by atoms with Gasteiger partial charge in [0, 0.05) is 11.3 Å². The molecule has 0 aliphatic heterocycles. The van der Waals surface area contributed by atoms with E-state index in [0.29, 0.717) is 11.3 Å². The molecule has 2 N–H and O–H groups in total. The van der Waals surface area contributed by atoms with E-state index in [0.717, 1.165) is 12.0 Å². The van der Waals surface area contributed by atoms with Gasteiger partial charge in [0.25, 0.3) is 5.91 Å². The number of nitrogens with zero attached hydrogens (tertiary/aromatic N) is 1. The van der Waals surface area contributed by atoms with Crippen molar-refractivity contribution in [3.63, 3.8) is 0 Å². The Morgan fingerprint density at radius 2 is 1.91 bits per heavy atom. The third-order valence-corrected chi connectivity index (χ3v) is 3.25. The molecule has 0 saturated heterocycles. The van der Waals surface area contributed by atoms with Crippen LogP contribution in [0.15, 0.2) is 54.1 Å². The second kappa shape index (κ2) is 7.09. The number of amides is 1. The highest BCUT2D eigenvalue weighted by molar-refractivity contribution is 6.10.